The van der Waals surface area contributed by atoms with Crippen molar-refractivity contribution in [2.24, 2.45) is 22.9 Å². The Hall–Kier alpha value is -5.44. The minimum absolute atomic E-state index is 0.157. The highest BCUT2D eigenvalue weighted by molar-refractivity contribution is 6.06. The summed E-state index contributed by atoms with van der Waals surface area (Å²) in [5.74, 6) is -2.34. The van der Waals surface area contributed by atoms with Crippen molar-refractivity contribution in [1.82, 2.24) is 0 Å². The standard InChI is InChI=1S/C12H11N.2C8H8N2O2/c13-12-8-6-11(7-9-12)10-4-2-1-3-5-10;9-7(11)5-1-2-6(4-3-5)8(10)12;9-7(11)5-3-1-2-4-6(5)8(10)12/h1-9H,13H2;2*1-4H,(H2,9,11)(H2,10,12). The van der Waals surface area contributed by atoms with Gasteiger partial charge in [0.15, 0.2) is 0 Å². The van der Waals surface area contributed by atoms with Crippen LogP contribution in [0.4, 0.5) is 5.69 Å². The van der Waals surface area contributed by atoms with Gasteiger partial charge in [0.2, 0.25) is 23.6 Å². The Balaban J connectivity index is 0.000000195. The second kappa shape index (κ2) is 13.4. The summed E-state index contributed by atoms with van der Waals surface area (Å²) < 4.78 is 0. The van der Waals surface area contributed by atoms with Gasteiger partial charge < -0.3 is 28.7 Å². The molecule has 0 aliphatic carbocycles. The quantitative estimate of drug-likeness (QED) is 0.264. The number of amides is 4. The maximum Gasteiger partial charge on any atom is 0.249 e. The van der Waals surface area contributed by atoms with Gasteiger partial charge >= 0.3 is 0 Å². The van der Waals surface area contributed by atoms with E-state index in [1.165, 1.54) is 47.5 Å². The van der Waals surface area contributed by atoms with Crippen molar-refractivity contribution in [3.05, 3.63) is 125 Å². The first-order valence-corrected chi connectivity index (χ1v) is 10.9. The molecule has 0 aromatic heterocycles. The van der Waals surface area contributed by atoms with Crippen LogP contribution in [0.25, 0.3) is 11.1 Å². The lowest BCUT2D eigenvalue weighted by Crippen LogP contribution is -2.20. The lowest BCUT2D eigenvalue weighted by atomic mass is 10.1. The van der Waals surface area contributed by atoms with Crippen LogP contribution in [0.2, 0.25) is 0 Å². The van der Waals surface area contributed by atoms with Gasteiger partial charge in [-0.1, -0.05) is 54.6 Å². The number of anilines is 1. The molecule has 4 aromatic carbocycles. The van der Waals surface area contributed by atoms with Crippen LogP contribution in [0.15, 0.2) is 103 Å². The molecule has 0 atom stereocenters. The molecule has 4 aromatic rings. The minimum Gasteiger partial charge on any atom is -0.399 e. The summed E-state index contributed by atoms with van der Waals surface area (Å²) >= 11 is 0. The van der Waals surface area contributed by atoms with Gasteiger partial charge in [-0.2, -0.15) is 0 Å². The molecular formula is C28H27N5O4. The van der Waals surface area contributed by atoms with Gasteiger partial charge in [-0.25, -0.2) is 0 Å². The second-order valence-electron chi connectivity index (χ2n) is 7.57. The molecule has 0 saturated heterocycles. The van der Waals surface area contributed by atoms with E-state index in [4.69, 9.17) is 28.7 Å². The smallest absolute Gasteiger partial charge is 0.249 e. The highest BCUT2D eigenvalue weighted by Gasteiger charge is 2.10. The number of nitrogen functional groups attached to an aromatic ring is 1. The minimum atomic E-state index is -0.649. The summed E-state index contributed by atoms with van der Waals surface area (Å²) in [4.78, 5) is 42.7. The number of carbonyl (C=O) groups is 4. The van der Waals surface area contributed by atoms with Crippen LogP contribution in [0, 0.1) is 0 Å². The van der Waals surface area contributed by atoms with Gasteiger partial charge in [-0.05, 0) is 59.7 Å². The van der Waals surface area contributed by atoms with E-state index in [0.29, 0.717) is 11.1 Å². The molecule has 0 bridgehead atoms. The van der Waals surface area contributed by atoms with E-state index in [-0.39, 0.29) is 11.1 Å². The summed E-state index contributed by atoms with van der Waals surface area (Å²) in [7, 11) is 0. The molecule has 0 heterocycles. The summed E-state index contributed by atoms with van der Waals surface area (Å²) in [5.41, 5.74) is 29.9. The third-order valence-corrected chi connectivity index (χ3v) is 4.93. The second-order valence-corrected chi connectivity index (χ2v) is 7.57. The predicted octanol–water partition coefficient (Wildman–Crippen LogP) is 2.70. The summed E-state index contributed by atoms with van der Waals surface area (Å²) in [6, 6.07) is 30.2. The van der Waals surface area contributed by atoms with E-state index in [0.717, 1.165) is 5.69 Å². The van der Waals surface area contributed by atoms with Crippen molar-refractivity contribution in [3.63, 3.8) is 0 Å². The third kappa shape index (κ3) is 8.69. The van der Waals surface area contributed by atoms with Gasteiger partial charge in [0.05, 0.1) is 11.1 Å². The van der Waals surface area contributed by atoms with E-state index >= 15 is 0 Å². The molecule has 4 amide bonds. The number of hydrogen-bond acceptors (Lipinski definition) is 5. The zero-order valence-corrected chi connectivity index (χ0v) is 19.8. The molecule has 0 radical (unpaired) electrons. The van der Waals surface area contributed by atoms with Gasteiger partial charge in [-0.15, -0.1) is 0 Å². The molecule has 0 spiro atoms. The van der Waals surface area contributed by atoms with Crippen LogP contribution in [-0.2, 0) is 0 Å². The maximum atomic E-state index is 10.7. The number of primary amides is 4. The van der Waals surface area contributed by atoms with Crippen molar-refractivity contribution in [2.45, 2.75) is 0 Å². The highest BCUT2D eigenvalue weighted by Crippen LogP contribution is 2.19. The number of carbonyl (C=O) groups excluding carboxylic acids is 4. The van der Waals surface area contributed by atoms with Crippen molar-refractivity contribution in [2.75, 3.05) is 5.73 Å². The van der Waals surface area contributed by atoms with E-state index in [9.17, 15) is 19.2 Å². The fourth-order valence-electron chi connectivity index (χ4n) is 3.02. The van der Waals surface area contributed by atoms with Crippen LogP contribution in [-0.4, -0.2) is 23.6 Å². The zero-order valence-electron chi connectivity index (χ0n) is 19.8. The number of hydrogen-bond donors (Lipinski definition) is 5. The zero-order chi connectivity index (χ0) is 27.4. The summed E-state index contributed by atoms with van der Waals surface area (Å²) in [6.45, 7) is 0. The first kappa shape index (κ1) is 27.8. The first-order chi connectivity index (χ1) is 17.6. The van der Waals surface area contributed by atoms with E-state index in [1.54, 1.807) is 12.1 Å². The van der Waals surface area contributed by atoms with Crippen LogP contribution in [0.1, 0.15) is 41.4 Å². The fourth-order valence-corrected chi connectivity index (χ4v) is 3.02. The lowest BCUT2D eigenvalue weighted by molar-refractivity contribution is 0.0967. The molecule has 9 heteroatoms. The van der Waals surface area contributed by atoms with E-state index in [1.807, 2.05) is 42.5 Å². The van der Waals surface area contributed by atoms with Gasteiger partial charge in [0, 0.05) is 16.8 Å². The van der Waals surface area contributed by atoms with Crippen LogP contribution in [0.5, 0.6) is 0 Å². The van der Waals surface area contributed by atoms with Crippen LogP contribution in [0.3, 0.4) is 0 Å². The molecule has 10 N–H and O–H groups in total. The van der Waals surface area contributed by atoms with Crippen molar-refractivity contribution >= 4 is 29.3 Å². The molecule has 9 nitrogen and oxygen atoms in total. The highest BCUT2D eigenvalue weighted by atomic mass is 16.2. The van der Waals surface area contributed by atoms with E-state index < -0.39 is 23.6 Å². The SMILES string of the molecule is NC(=O)c1ccc(C(N)=O)cc1.NC(=O)c1ccccc1C(N)=O.Nc1ccc(-c2ccccc2)cc1. The Bertz CT molecular complexity index is 1300. The molecule has 0 aliphatic heterocycles. The lowest BCUT2D eigenvalue weighted by Gasteiger charge is -2.00. The molecular weight excluding hydrogens is 470 g/mol. The molecule has 188 valence electrons. The molecule has 0 unspecified atom stereocenters. The number of rotatable bonds is 5. The van der Waals surface area contributed by atoms with Gasteiger partial charge in [0.25, 0.3) is 0 Å². The average molecular weight is 498 g/mol. The first-order valence-electron chi connectivity index (χ1n) is 10.9. The Morgan fingerprint density at radius 1 is 0.405 bits per heavy atom. The van der Waals surface area contributed by atoms with Crippen LogP contribution < -0.4 is 28.7 Å². The number of benzene rings is 4. The Kier molecular flexibility index (Phi) is 10.1. The van der Waals surface area contributed by atoms with Crippen molar-refractivity contribution in [3.8, 4) is 11.1 Å². The van der Waals surface area contributed by atoms with Gasteiger partial charge in [-0.3, -0.25) is 19.2 Å². The molecule has 0 fully saturated rings. The summed E-state index contributed by atoms with van der Waals surface area (Å²) in [6.07, 6.45) is 0. The molecule has 4 rings (SSSR count). The summed E-state index contributed by atoms with van der Waals surface area (Å²) in [5, 5.41) is 0. The Morgan fingerprint density at radius 3 is 1.11 bits per heavy atom. The third-order valence-electron chi connectivity index (χ3n) is 4.93. The monoisotopic (exact) mass is 497 g/mol. The van der Waals surface area contributed by atoms with Gasteiger partial charge in [0.1, 0.15) is 0 Å². The Morgan fingerprint density at radius 2 is 0.757 bits per heavy atom. The largest absolute Gasteiger partial charge is 0.399 e. The molecule has 37 heavy (non-hydrogen) atoms. The number of nitrogens with two attached hydrogens (primary N) is 5. The van der Waals surface area contributed by atoms with E-state index in [2.05, 4.69) is 12.1 Å². The molecule has 0 saturated carbocycles. The van der Waals surface area contributed by atoms with Crippen molar-refractivity contribution < 1.29 is 19.2 Å². The normalized spacial score (nSPS) is 9.51. The molecule has 0 aliphatic rings. The van der Waals surface area contributed by atoms with Crippen LogP contribution >= 0.6 is 0 Å². The fraction of sp³-hybridized carbons (Fsp3) is 0. The van der Waals surface area contributed by atoms with Crippen molar-refractivity contribution in [1.29, 1.82) is 0 Å². The topological polar surface area (TPSA) is 198 Å². The average Bonchev–Trinajstić information content (AvgIpc) is 2.90. The predicted molar refractivity (Wildman–Crippen MR) is 143 cm³/mol. The maximum absolute atomic E-state index is 10.7. The Labute approximate surface area is 213 Å².